The predicted octanol–water partition coefficient (Wildman–Crippen LogP) is 4.45. The van der Waals surface area contributed by atoms with Crippen LogP contribution in [0.25, 0.3) is 0 Å². The molecule has 1 saturated heterocycles. The third kappa shape index (κ3) is 5.22. The Morgan fingerprint density at radius 3 is 2.90 bits per heavy atom. The van der Waals surface area contributed by atoms with E-state index in [-0.39, 0.29) is 17.7 Å². The largest absolute Gasteiger partial charge is 0.508 e. The minimum atomic E-state index is -0.398. The molecule has 162 valence electrons. The number of carbonyl (C=O) groups excluding carboxylic acids is 1. The highest BCUT2D eigenvalue weighted by Crippen LogP contribution is 2.24. The Bertz CT molecular complexity index is 1070. The fourth-order valence-electron chi connectivity index (χ4n) is 4.06. The van der Waals surface area contributed by atoms with Gasteiger partial charge in [0.25, 0.3) is 5.91 Å². The van der Waals surface area contributed by atoms with Gasteiger partial charge in [-0.2, -0.15) is 0 Å². The molecule has 8 heteroatoms. The molecule has 2 aromatic carbocycles. The molecule has 0 spiro atoms. The van der Waals surface area contributed by atoms with Gasteiger partial charge in [-0.3, -0.25) is 4.79 Å². The number of amides is 1. The zero-order valence-corrected chi connectivity index (χ0v) is 17.8. The van der Waals surface area contributed by atoms with Crippen LogP contribution in [-0.4, -0.2) is 43.5 Å². The van der Waals surface area contributed by atoms with Crippen molar-refractivity contribution in [2.45, 2.75) is 44.7 Å². The first-order valence-electron chi connectivity index (χ1n) is 10.4. The van der Waals surface area contributed by atoms with Gasteiger partial charge in [0.1, 0.15) is 11.6 Å². The number of halogens is 2. The number of aromatic hydroxyl groups is 1. The summed E-state index contributed by atoms with van der Waals surface area (Å²) in [5, 5.41) is 18.1. The molecule has 1 N–H and O–H groups in total. The number of phenols is 1. The number of carbonyl (C=O) groups is 1. The van der Waals surface area contributed by atoms with Crippen LogP contribution >= 0.6 is 11.6 Å². The molecule has 1 amide bonds. The van der Waals surface area contributed by atoms with Gasteiger partial charge in [-0.15, -0.1) is 5.10 Å². The van der Waals surface area contributed by atoms with Crippen LogP contribution in [0.2, 0.25) is 5.02 Å². The minimum absolute atomic E-state index is 0.125. The molecule has 1 atom stereocenters. The number of hydrogen-bond acceptors (Lipinski definition) is 4. The van der Waals surface area contributed by atoms with Crippen molar-refractivity contribution in [2.24, 2.45) is 0 Å². The summed E-state index contributed by atoms with van der Waals surface area (Å²) in [7, 11) is 0. The summed E-state index contributed by atoms with van der Waals surface area (Å²) in [6.45, 7) is 1.00. The molecule has 0 bridgehead atoms. The van der Waals surface area contributed by atoms with E-state index in [9.17, 15) is 14.3 Å². The number of aromatic nitrogens is 3. The summed E-state index contributed by atoms with van der Waals surface area (Å²) in [6, 6.07) is 11.6. The fourth-order valence-corrected chi connectivity index (χ4v) is 4.29. The van der Waals surface area contributed by atoms with Crippen molar-refractivity contribution in [3.8, 4) is 5.75 Å². The number of aryl methyl sites for hydroxylation is 1. The molecule has 0 radical (unpaired) electrons. The highest BCUT2D eigenvalue weighted by molar-refractivity contribution is 6.31. The number of hydrogen-bond donors (Lipinski definition) is 1. The molecule has 6 nitrogen and oxygen atoms in total. The summed E-state index contributed by atoms with van der Waals surface area (Å²) >= 11 is 6.09. The van der Waals surface area contributed by atoms with Crippen LogP contribution in [0.1, 0.15) is 47.3 Å². The van der Waals surface area contributed by atoms with E-state index in [4.69, 9.17) is 11.6 Å². The lowest BCUT2D eigenvalue weighted by molar-refractivity contribution is 0.0595. The fraction of sp³-hybridized carbons (Fsp3) is 0.348. The Morgan fingerprint density at radius 2 is 2.10 bits per heavy atom. The van der Waals surface area contributed by atoms with Crippen LogP contribution in [0.3, 0.4) is 0 Å². The highest BCUT2D eigenvalue weighted by Gasteiger charge is 2.29. The van der Waals surface area contributed by atoms with Gasteiger partial charge in [-0.1, -0.05) is 35.0 Å². The molecule has 2 heterocycles. The molecular formula is C23H24ClFN4O2. The number of phenolic OH excluding ortho intramolecular Hbond substituents is 1. The van der Waals surface area contributed by atoms with E-state index in [1.165, 1.54) is 16.8 Å². The van der Waals surface area contributed by atoms with Gasteiger partial charge in [0.15, 0.2) is 5.69 Å². The van der Waals surface area contributed by atoms with E-state index < -0.39 is 5.82 Å². The molecule has 4 rings (SSSR count). The lowest BCUT2D eigenvalue weighted by Gasteiger charge is -2.35. The maximum atomic E-state index is 13.2. The smallest absolute Gasteiger partial charge is 0.276 e. The van der Waals surface area contributed by atoms with E-state index in [1.54, 1.807) is 24.4 Å². The Balaban J connectivity index is 1.43. The number of piperidine rings is 1. The summed E-state index contributed by atoms with van der Waals surface area (Å²) in [6.07, 6.45) is 6.23. The first-order valence-corrected chi connectivity index (χ1v) is 10.8. The van der Waals surface area contributed by atoms with Crippen LogP contribution in [0, 0.1) is 5.82 Å². The monoisotopic (exact) mass is 442 g/mol. The van der Waals surface area contributed by atoms with Crippen molar-refractivity contribution in [1.82, 2.24) is 19.9 Å². The quantitative estimate of drug-likeness (QED) is 0.612. The molecule has 1 fully saturated rings. The van der Waals surface area contributed by atoms with Crippen molar-refractivity contribution >= 4 is 17.5 Å². The third-order valence-corrected chi connectivity index (χ3v) is 6.02. The maximum Gasteiger partial charge on any atom is 0.276 e. The molecule has 0 saturated carbocycles. The van der Waals surface area contributed by atoms with E-state index in [1.807, 2.05) is 17.0 Å². The van der Waals surface area contributed by atoms with E-state index in [0.29, 0.717) is 29.4 Å². The number of likely N-dealkylation sites (tertiary alicyclic amines) is 1. The molecule has 3 aromatic rings. The third-order valence-electron chi connectivity index (χ3n) is 5.67. The number of rotatable bonds is 6. The Hall–Kier alpha value is -2.93. The Kier molecular flexibility index (Phi) is 6.51. The van der Waals surface area contributed by atoms with Gasteiger partial charge in [0, 0.05) is 17.6 Å². The summed E-state index contributed by atoms with van der Waals surface area (Å²) in [4.78, 5) is 15.0. The van der Waals surface area contributed by atoms with Crippen molar-refractivity contribution in [2.75, 3.05) is 6.54 Å². The molecule has 0 aliphatic carbocycles. The van der Waals surface area contributed by atoms with Crippen molar-refractivity contribution in [1.29, 1.82) is 0 Å². The average molecular weight is 443 g/mol. The lowest BCUT2D eigenvalue weighted by atomic mass is 9.95. The first-order chi connectivity index (χ1) is 15.0. The SMILES string of the molecule is O=C(c1cn(Cc2ccc(F)cc2Cl)nn1)N1CCCC[C@H]1CCc1cccc(O)c1. The summed E-state index contributed by atoms with van der Waals surface area (Å²) < 4.78 is 14.8. The number of benzene rings is 2. The molecule has 0 unspecified atom stereocenters. The molecule has 1 aliphatic heterocycles. The maximum absolute atomic E-state index is 13.2. The van der Waals surface area contributed by atoms with Gasteiger partial charge >= 0.3 is 0 Å². The van der Waals surface area contributed by atoms with E-state index in [2.05, 4.69) is 10.3 Å². The second-order valence-corrected chi connectivity index (χ2v) is 8.30. The predicted molar refractivity (Wildman–Crippen MR) is 116 cm³/mol. The van der Waals surface area contributed by atoms with Crippen LogP contribution in [0.5, 0.6) is 5.75 Å². The Morgan fingerprint density at radius 1 is 1.23 bits per heavy atom. The van der Waals surface area contributed by atoms with Crippen molar-refractivity contribution in [3.05, 3.63) is 76.3 Å². The average Bonchev–Trinajstić information content (AvgIpc) is 3.23. The van der Waals surface area contributed by atoms with Crippen molar-refractivity contribution in [3.63, 3.8) is 0 Å². The standard InChI is InChI=1S/C23H24ClFN4O2/c24-21-13-18(25)9-8-17(21)14-28-15-22(26-27-28)23(31)29-11-2-1-5-19(29)10-7-16-4-3-6-20(30)12-16/h3-4,6,8-9,12-13,15,19,30H,1-2,5,7,10-11,14H2/t19-/m0/s1. The van der Waals surface area contributed by atoms with Gasteiger partial charge < -0.3 is 10.0 Å². The van der Waals surface area contributed by atoms with Gasteiger partial charge in [0.2, 0.25) is 0 Å². The second-order valence-electron chi connectivity index (χ2n) is 7.89. The van der Waals surface area contributed by atoms with Crippen molar-refractivity contribution < 1.29 is 14.3 Å². The lowest BCUT2D eigenvalue weighted by Crippen LogP contribution is -2.44. The second kappa shape index (κ2) is 9.47. The van der Waals surface area contributed by atoms with Crippen LogP contribution in [-0.2, 0) is 13.0 Å². The van der Waals surface area contributed by atoms with Gasteiger partial charge in [-0.05, 0) is 67.5 Å². The molecular weight excluding hydrogens is 419 g/mol. The highest BCUT2D eigenvalue weighted by atomic mass is 35.5. The van der Waals surface area contributed by atoms with Crippen LogP contribution < -0.4 is 0 Å². The molecule has 1 aromatic heterocycles. The van der Waals surface area contributed by atoms with E-state index >= 15 is 0 Å². The Labute approximate surface area is 185 Å². The topological polar surface area (TPSA) is 71.2 Å². The van der Waals surface area contributed by atoms with Gasteiger partial charge in [-0.25, -0.2) is 9.07 Å². The molecule has 1 aliphatic rings. The zero-order chi connectivity index (χ0) is 21.8. The normalized spacial score (nSPS) is 16.5. The zero-order valence-electron chi connectivity index (χ0n) is 17.0. The van der Waals surface area contributed by atoms with Gasteiger partial charge in [0.05, 0.1) is 12.7 Å². The summed E-state index contributed by atoms with van der Waals surface area (Å²) in [5.41, 5.74) is 2.05. The van der Waals surface area contributed by atoms with E-state index in [0.717, 1.165) is 37.7 Å². The van der Waals surface area contributed by atoms with Crippen LogP contribution in [0.4, 0.5) is 4.39 Å². The number of nitrogens with zero attached hydrogens (tertiary/aromatic N) is 4. The van der Waals surface area contributed by atoms with Crippen LogP contribution in [0.15, 0.2) is 48.7 Å². The summed E-state index contributed by atoms with van der Waals surface area (Å²) in [5.74, 6) is -0.269. The first kappa shape index (κ1) is 21.3. The minimum Gasteiger partial charge on any atom is -0.508 e. The molecule has 31 heavy (non-hydrogen) atoms.